The first-order valence-electron chi connectivity index (χ1n) is 7.97. The molecule has 1 N–H and O–H groups in total. The standard InChI is InChI=1S/C19H17BrClNO3S/c1-3-25-19(24)18-13-8-14(20)17(23)9-15(13)22(2)16(18)10-26-12-6-4-11(21)5-7-12/h4-9,23H,3,10H2,1-2H3. The summed E-state index contributed by atoms with van der Waals surface area (Å²) in [6.07, 6.45) is 0. The van der Waals surface area contributed by atoms with Crippen molar-refractivity contribution in [3.05, 3.63) is 57.2 Å². The van der Waals surface area contributed by atoms with Gasteiger partial charge in [-0.05, 0) is 53.2 Å². The van der Waals surface area contributed by atoms with Crippen molar-refractivity contribution < 1.29 is 14.6 Å². The van der Waals surface area contributed by atoms with Crippen LogP contribution in [0.3, 0.4) is 0 Å². The number of aryl methyl sites for hydroxylation is 1. The number of carbonyl (C=O) groups excluding carboxylic acids is 1. The van der Waals surface area contributed by atoms with Gasteiger partial charge in [0.15, 0.2) is 0 Å². The van der Waals surface area contributed by atoms with Gasteiger partial charge in [-0.2, -0.15) is 0 Å². The Bertz CT molecular complexity index is 969. The van der Waals surface area contributed by atoms with Crippen molar-refractivity contribution >= 4 is 56.2 Å². The van der Waals surface area contributed by atoms with Gasteiger partial charge in [-0.15, -0.1) is 11.8 Å². The van der Waals surface area contributed by atoms with Gasteiger partial charge in [0.1, 0.15) is 5.75 Å². The average Bonchev–Trinajstić information content (AvgIpc) is 2.87. The number of aromatic nitrogens is 1. The molecule has 0 fully saturated rings. The molecule has 26 heavy (non-hydrogen) atoms. The molecule has 0 bridgehead atoms. The number of esters is 1. The van der Waals surface area contributed by atoms with Crippen molar-refractivity contribution in [3.8, 4) is 5.75 Å². The fourth-order valence-electron chi connectivity index (χ4n) is 2.78. The molecule has 0 atom stereocenters. The third-order valence-corrected chi connectivity index (χ3v) is 5.97. The van der Waals surface area contributed by atoms with Crippen LogP contribution in [0.15, 0.2) is 45.8 Å². The third kappa shape index (κ3) is 3.72. The lowest BCUT2D eigenvalue weighted by Crippen LogP contribution is -2.08. The summed E-state index contributed by atoms with van der Waals surface area (Å²) in [5.74, 6) is 0.354. The van der Waals surface area contributed by atoms with Crippen LogP contribution in [0.4, 0.5) is 0 Å². The summed E-state index contributed by atoms with van der Waals surface area (Å²) in [5, 5.41) is 11.5. The van der Waals surface area contributed by atoms with Crippen molar-refractivity contribution in [1.29, 1.82) is 0 Å². The Kier molecular flexibility index (Phi) is 5.85. The van der Waals surface area contributed by atoms with Gasteiger partial charge in [0, 0.05) is 39.9 Å². The van der Waals surface area contributed by atoms with E-state index in [0.717, 1.165) is 21.5 Å². The smallest absolute Gasteiger partial charge is 0.340 e. The van der Waals surface area contributed by atoms with E-state index in [1.807, 2.05) is 35.9 Å². The first-order valence-corrected chi connectivity index (χ1v) is 10.1. The number of phenolic OH excluding ortho intramolecular Hbond substituents is 1. The second-order valence-electron chi connectivity index (χ2n) is 5.66. The van der Waals surface area contributed by atoms with E-state index >= 15 is 0 Å². The molecule has 1 heterocycles. The number of phenols is 1. The molecule has 0 amide bonds. The molecular formula is C19H17BrClNO3S. The van der Waals surface area contributed by atoms with E-state index in [2.05, 4.69) is 15.9 Å². The first kappa shape index (κ1) is 19.1. The van der Waals surface area contributed by atoms with E-state index in [1.54, 1.807) is 30.8 Å². The third-order valence-electron chi connectivity index (χ3n) is 4.06. The van der Waals surface area contributed by atoms with E-state index < -0.39 is 0 Å². The predicted octanol–water partition coefficient (Wildman–Crippen LogP) is 5.77. The molecule has 136 valence electrons. The minimum atomic E-state index is -0.359. The van der Waals surface area contributed by atoms with Gasteiger partial charge < -0.3 is 14.4 Å². The second kappa shape index (κ2) is 7.94. The maximum absolute atomic E-state index is 12.6. The van der Waals surface area contributed by atoms with Gasteiger partial charge >= 0.3 is 5.97 Å². The first-order chi connectivity index (χ1) is 12.4. The number of hydrogen-bond acceptors (Lipinski definition) is 4. The van der Waals surface area contributed by atoms with Gasteiger partial charge in [-0.3, -0.25) is 0 Å². The molecule has 2 aromatic carbocycles. The highest BCUT2D eigenvalue weighted by Crippen LogP contribution is 2.36. The van der Waals surface area contributed by atoms with Crippen LogP contribution in [0.5, 0.6) is 5.75 Å². The summed E-state index contributed by atoms with van der Waals surface area (Å²) in [6, 6.07) is 11.0. The Labute approximate surface area is 169 Å². The average molecular weight is 455 g/mol. The number of ether oxygens (including phenoxy) is 1. The molecule has 0 saturated carbocycles. The highest BCUT2D eigenvalue weighted by Gasteiger charge is 2.23. The van der Waals surface area contributed by atoms with Crippen LogP contribution in [-0.4, -0.2) is 22.2 Å². The lowest BCUT2D eigenvalue weighted by atomic mass is 10.1. The molecule has 4 nitrogen and oxygen atoms in total. The van der Waals surface area contributed by atoms with E-state index in [9.17, 15) is 9.90 Å². The number of aromatic hydroxyl groups is 1. The Morgan fingerprint density at radius 1 is 1.31 bits per heavy atom. The second-order valence-corrected chi connectivity index (χ2v) is 8.00. The Morgan fingerprint density at radius 3 is 2.65 bits per heavy atom. The summed E-state index contributed by atoms with van der Waals surface area (Å²) >= 11 is 10.9. The molecular weight excluding hydrogens is 438 g/mol. The number of rotatable bonds is 5. The molecule has 0 radical (unpaired) electrons. The van der Waals surface area contributed by atoms with Crippen molar-refractivity contribution in [2.75, 3.05) is 6.61 Å². The van der Waals surface area contributed by atoms with E-state index in [4.69, 9.17) is 16.3 Å². The van der Waals surface area contributed by atoms with Gasteiger partial charge in [0.25, 0.3) is 0 Å². The van der Waals surface area contributed by atoms with E-state index in [0.29, 0.717) is 27.4 Å². The SMILES string of the molecule is CCOC(=O)c1c(CSc2ccc(Cl)cc2)n(C)c2cc(O)c(Br)cc12. The predicted molar refractivity (Wildman–Crippen MR) is 109 cm³/mol. The zero-order valence-electron chi connectivity index (χ0n) is 14.3. The maximum atomic E-state index is 12.6. The number of hydrogen-bond donors (Lipinski definition) is 1. The summed E-state index contributed by atoms with van der Waals surface area (Å²) in [5.41, 5.74) is 2.16. The fraction of sp³-hybridized carbons (Fsp3) is 0.211. The lowest BCUT2D eigenvalue weighted by molar-refractivity contribution is 0.0527. The normalized spacial score (nSPS) is 11.1. The van der Waals surface area contributed by atoms with E-state index in [1.165, 1.54) is 0 Å². The highest BCUT2D eigenvalue weighted by molar-refractivity contribution is 9.10. The molecule has 0 aliphatic heterocycles. The summed E-state index contributed by atoms with van der Waals surface area (Å²) in [6.45, 7) is 2.09. The fourth-order valence-corrected chi connectivity index (χ4v) is 4.22. The molecule has 0 saturated heterocycles. The van der Waals surface area contributed by atoms with Crippen LogP contribution in [-0.2, 0) is 17.5 Å². The number of benzene rings is 2. The van der Waals surface area contributed by atoms with Crippen LogP contribution < -0.4 is 0 Å². The maximum Gasteiger partial charge on any atom is 0.340 e. The molecule has 7 heteroatoms. The minimum Gasteiger partial charge on any atom is -0.507 e. The molecule has 1 aromatic heterocycles. The molecule has 0 aliphatic rings. The highest BCUT2D eigenvalue weighted by atomic mass is 79.9. The number of fused-ring (bicyclic) bond motifs is 1. The number of nitrogens with zero attached hydrogens (tertiary/aromatic N) is 1. The van der Waals surface area contributed by atoms with Crippen LogP contribution in [0.1, 0.15) is 23.0 Å². The van der Waals surface area contributed by atoms with Gasteiger partial charge in [-0.25, -0.2) is 4.79 Å². The topological polar surface area (TPSA) is 51.5 Å². The van der Waals surface area contributed by atoms with Crippen LogP contribution >= 0.6 is 39.3 Å². The quantitative estimate of drug-likeness (QED) is 0.393. The van der Waals surface area contributed by atoms with Crippen LogP contribution in [0, 0.1) is 0 Å². The van der Waals surface area contributed by atoms with Gasteiger partial charge in [0.2, 0.25) is 0 Å². The summed E-state index contributed by atoms with van der Waals surface area (Å²) < 4.78 is 7.74. The zero-order chi connectivity index (χ0) is 18.8. The monoisotopic (exact) mass is 453 g/mol. The molecule has 0 aliphatic carbocycles. The van der Waals surface area contributed by atoms with Gasteiger partial charge in [0.05, 0.1) is 22.2 Å². The van der Waals surface area contributed by atoms with Crippen LogP contribution in [0.25, 0.3) is 10.9 Å². The minimum absolute atomic E-state index is 0.130. The molecule has 3 rings (SSSR count). The Balaban J connectivity index is 2.06. The van der Waals surface area contributed by atoms with Crippen molar-refractivity contribution in [1.82, 2.24) is 4.57 Å². The summed E-state index contributed by atoms with van der Waals surface area (Å²) in [4.78, 5) is 13.7. The van der Waals surface area contributed by atoms with Crippen molar-refractivity contribution in [2.45, 2.75) is 17.6 Å². The zero-order valence-corrected chi connectivity index (χ0v) is 17.4. The van der Waals surface area contributed by atoms with Crippen LogP contribution in [0.2, 0.25) is 5.02 Å². The van der Waals surface area contributed by atoms with Crippen molar-refractivity contribution in [2.24, 2.45) is 7.05 Å². The molecule has 3 aromatic rings. The van der Waals surface area contributed by atoms with Crippen molar-refractivity contribution in [3.63, 3.8) is 0 Å². The van der Waals surface area contributed by atoms with E-state index in [-0.39, 0.29) is 11.7 Å². The number of thioether (sulfide) groups is 1. The number of halogens is 2. The molecule has 0 spiro atoms. The molecule has 0 unspecified atom stereocenters. The lowest BCUT2D eigenvalue weighted by Gasteiger charge is -2.08. The number of carbonyl (C=O) groups is 1. The summed E-state index contributed by atoms with van der Waals surface area (Å²) in [7, 11) is 1.89. The Hall–Kier alpha value is -1.63. The van der Waals surface area contributed by atoms with Gasteiger partial charge in [-0.1, -0.05) is 11.6 Å². The largest absolute Gasteiger partial charge is 0.507 e. The Morgan fingerprint density at radius 2 is 2.00 bits per heavy atom.